The molecule has 0 spiro atoms. The Balaban J connectivity index is 2.32. The largest absolute Gasteiger partial charge is 0.387 e. The molecule has 0 unspecified atom stereocenters. The Hall–Kier alpha value is -1.86. The SMILES string of the molecule is C/C=C\[C@H](c1ccccc1)[C@@H](O)c1ccccc1. The first-order valence-electron chi connectivity index (χ1n) is 6.23. The molecule has 92 valence electrons. The molecule has 1 heteroatoms. The van der Waals surface area contributed by atoms with E-state index in [9.17, 15) is 5.11 Å². The van der Waals surface area contributed by atoms with Crippen LogP contribution in [0, 0.1) is 0 Å². The Kier molecular flexibility index (Phi) is 4.32. The summed E-state index contributed by atoms with van der Waals surface area (Å²) in [5, 5.41) is 10.5. The van der Waals surface area contributed by atoms with Gasteiger partial charge in [0.05, 0.1) is 6.10 Å². The summed E-state index contributed by atoms with van der Waals surface area (Å²) in [5.74, 6) is -0.00130. The van der Waals surface area contributed by atoms with Crippen LogP contribution in [0.2, 0.25) is 0 Å². The molecule has 18 heavy (non-hydrogen) atoms. The first-order chi connectivity index (χ1) is 8.83. The van der Waals surface area contributed by atoms with Crippen LogP contribution in [0.1, 0.15) is 30.1 Å². The summed E-state index contributed by atoms with van der Waals surface area (Å²) in [5.41, 5.74) is 2.08. The van der Waals surface area contributed by atoms with E-state index in [2.05, 4.69) is 12.1 Å². The fraction of sp³-hybridized carbons (Fsp3) is 0.176. The average molecular weight is 238 g/mol. The van der Waals surface area contributed by atoms with Crippen LogP contribution in [-0.2, 0) is 0 Å². The molecule has 0 bridgehead atoms. The molecule has 0 aliphatic heterocycles. The van der Waals surface area contributed by atoms with Crippen molar-refractivity contribution in [2.45, 2.75) is 18.9 Å². The van der Waals surface area contributed by atoms with Crippen molar-refractivity contribution in [1.29, 1.82) is 0 Å². The molecule has 0 radical (unpaired) electrons. The van der Waals surface area contributed by atoms with Crippen LogP contribution in [0.4, 0.5) is 0 Å². The van der Waals surface area contributed by atoms with Gasteiger partial charge in [0.2, 0.25) is 0 Å². The zero-order chi connectivity index (χ0) is 12.8. The van der Waals surface area contributed by atoms with E-state index in [4.69, 9.17) is 0 Å². The zero-order valence-corrected chi connectivity index (χ0v) is 10.5. The zero-order valence-electron chi connectivity index (χ0n) is 10.5. The topological polar surface area (TPSA) is 20.2 Å². The maximum absolute atomic E-state index is 10.5. The summed E-state index contributed by atoms with van der Waals surface area (Å²) in [6.07, 6.45) is 3.53. The predicted octanol–water partition coefficient (Wildman–Crippen LogP) is 4.08. The smallest absolute Gasteiger partial charge is 0.0893 e. The summed E-state index contributed by atoms with van der Waals surface area (Å²) in [6, 6.07) is 19.9. The van der Waals surface area contributed by atoms with Crippen molar-refractivity contribution in [3.05, 3.63) is 83.9 Å². The summed E-state index contributed by atoms with van der Waals surface area (Å²) >= 11 is 0. The van der Waals surface area contributed by atoms with Gasteiger partial charge in [-0.15, -0.1) is 0 Å². The van der Waals surface area contributed by atoms with Gasteiger partial charge >= 0.3 is 0 Å². The molecule has 2 aromatic carbocycles. The van der Waals surface area contributed by atoms with Gasteiger partial charge in [-0.2, -0.15) is 0 Å². The lowest BCUT2D eigenvalue weighted by atomic mass is 9.89. The van der Waals surface area contributed by atoms with E-state index < -0.39 is 6.10 Å². The van der Waals surface area contributed by atoms with E-state index >= 15 is 0 Å². The highest BCUT2D eigenvalue weighted by atomic mass is 16.3. The second-order valence-electron chi connectivity index (χ2n) is 4.32. The van der Waals surface area contributed by atoms with Gasteiger partial charge in [-0.3, -0.25) is 0 Å². The number of aliphatic hydroxyl groups excluding tert-OH is 1. The molecule has 2 aromatic rings. The Bertz CT molecular complexity index is 488. The predicted molar refractivity (Wildman–Crippen MR) is 75.4 cm³/mol. The van der Waals surface area contributed by atoms with E-state index in [1.54, 1.807) is 0 Å². The first-order valence-corrected chi connectivity index (χ1v) is 6.23. The number of aliphatic hydroxyl groups is 1. The van der Waals surface area contributed by atoms with E-state index in [0.717, 1.165) is 11.1 Å². The molecule has 0 saturated heterocycles. The van der Waals surface area contributed by atoms with Gasteiger partial charge in [0.25, 0.3) is 0 Å². The normalized spacial score (nSPS) is 14.6. The lowest BCUT2D eigenvalue weighted by Crippen LogP contribution is -2.08. The first kappa shape index (κ1) is 12.6. The van der Waals surface area contributed by atoms with E-state index in [1.807, 2.05) is 67.6 Å². The maximum atomic E-state index is 10.5. The summed E-state index contributed by atoms with van der Waals surface area (Å²) < 4.78 is 0. The third kappa shape index (κ3) is 2.88. The molecular formula is C17H18O. The Morgan fingerprint density at radius 1 is 0.833 bits per heavy atom. The van der Waals surface area contributed by atoms with Crippen LogP contribution in [-0.4, -0.2) is 5.11 Å². The molecule has 0 saturated carbocycles. The lowest BCUT2D eigenvalue weighted by molar-refractivity contribution is 0.161. The highest BCUT2D eigenvalue weighted by Crippen LogP contribution is 2.31. The fourth-order valence-electron chi connectivity index (χ4n) is 2.14. The summed E-state index contributed by atoms with van der Waals surface area (Å²) in [6.45, 7) is 1.98. The summed E-state index contributed by atoms with van der Waals surface area (Å²) in [4.78, 5) is 0. The Morgan fingerprint density at radius 3 is 1.83 bits per heavy atom. The van der Waals surface area contributed by atoms with E-state index in [1.165, 1.54) is 0 Å². The molecule has 1 nitrogen and oxygen atoms in total. The van der Waals surface area contributed by atoms with Crippen LogP contribution in [0.15, 0.2) is 72.8 Å². The van der Waals surface area contributed by atoms with Crippen molar-refractivity contribution >= 4 is 0 Å². The second-order valence-corrected chi connectivity index (χ2v) is 4.32. The van der Waals surface area contributed by atoms with Gasteiger partial charge in [0, 0.05) is 5.92 Å². The van der Waals surface area contributed by atoms with Crippen molar-refractivity contribution in [2.24, 2.45) is 0 Å². The lowest BCUT2D eigenvalue weighted by Gasteiger charge is -2.20. The molecule has 0 fully saturated rings. The van der Waals surface area contributed by atoms with Gasteiger partial charge in [-0.1, -0.05) is 72.8 Å². The third-order valence-electron chi connectivity index (χ3n) is 3.07. The highest BCUT2D eigenvalue weighted by Gasteiger charge is 2.19. The molecule has 0 heterocycles. The molecule has 2 atom stereocenters. The third-order valence-corrected chi connectivity index (χ3v) is 3.07. The minimum Gasteiger partial charge on any atom is -0.387 e. The van der Waals surface area contributed by atoms with E-state index in [0.29, 0.717) is 0 Å². The average Bonchev–Trinajstić information content (AvgIpc) is 2.46. The molecular weight excluding hydrogens is 220 g/mol. The Labute approximate surface area is 108 Å². The minimum absolute atomic E-state index is 0.00130. The van der Waals surface area contributed by atoms with Crippen LogP contribution in [0.5, 0.6) is 0 Å². The van der Waals surface area contributed by atoms with Crippen LogP contribution in [0.25, 0.3) is 0 Å². The molecule has 0 aromatic heterocycles. The molecule has 0 amide bonds. The standard InChI is InChI=1S/C17H18O/c1-2-9-16(14-10-5-3-6-11-14)17(18)15-12-7-4-8-13-15/h2-13,16-18H,1H3/b9-2-/t16-,17+/m1/s1. The second kappa shape index (κ2) is 6.18. The number of benzene rings is 2. The number of rotatable bonds is 4. The van der Waals surface area contributed by atoms with Gasteiger partial charge in [0.15, 0.2) is 0 Å². The van der Waals surface area contributed by atoms with Gasteiger partial charge in [0.1, 0.15) is 0 Å². The van der Waals surface area contributed by atoms with Crippen molar-refractivity contribution < 1.29 is 5.11 Å². The van der Waals surface area contributed by atoms with Crippen LogP contribution in [0.3, 0.4) is 0 Å². The fourth-order valence-corrected chi connectivity index (χ4v) is 2.14. The van der Waals surface area contributed by atoms with Crippen LogP contribution >= 0.6 is 0 Å². The van der Waals surface area contributed by atoms with Crippen molar-refractivity contribution in [2.75, 3.05) is 0 Å². The number of hydrogen-bond acceptors (Lipinski definition) is 1. The van der Waals surface area contributed by atoms with Crippen LogP contribution < -0.4 is 0 Å². The van der Waals surface area contributed by atoms with Gasteiger partial charge in [-0.25, -0.2) is 0 Å². The maximum Gasteiger partial charge on any atom is 0.0893 e. The van der Waals surface area contributed by atoms with Gasteiger partial charge < -0.3 is 5.11 Å². The summed E-state index contributed by atoms with van der Waals surface area (Å²) in [7, 11) is 0. The Morgan fingerprint density at radius 2 is 1.33 bits per heavy atom. The molecule has 0 aliphatic rings. The number of hydrogen-bond donors (Lipinski definition) is 1. The highest BCUT2D eigenvalue weighted by molar-refractivity contribution is 5.30. The monoisotopic (exact) mass is 238 g/mol. The minimum atomic E-state index is -0.509. The van der Waals surface area contributed by atoms with Crippen molar-refractivity contribution in [1.82, 2.24) is 0 Å². The quantitative estimate of drug-likeness (QED) is 0.796. The van der Waals surface area contributed by atoms with Gasteiger partial charge in [-0.05, 0) is 18.1 Å². The molecule has 2 rings (SSSR count). The molecule has 1 N–H and O–H groups in total. The molecule has 0 aliphatic carbocycles. The van der Waals surface area contributed by atoms with E-state index in [-0.39, 0.29) is 5.92 Å². The van der Waals surface area contributed by atoms with Crippen molar-refractivity contribution in [3.8, 4) is 0 Å². The number of allylic oxidation sites excluding steroid dienone is 1. The van der Waals surface area contributed by atoms with Crippen molar-refractivity contribution in [3.63, 3.8) is 0 Å².